The summed E-state index contributed by atoms with van der Waals surface area (Å²) in [5.41, 5.74) is 5.93. The molecule has 9 atom stereocenters. The van der Waals surface area contributed by atoms with E-state index >= 15 is 0 Å². The van der Waals surface area contributed by atoms with E-state index < -0.39 is 0 Å². The zero-order chi connectivity index (χ0) is 22.4. The summed E-state index contributed by atoms with van der Waals surface area (Å²) in [5, 5.41) is 0. The molecule has 2 aliphatic heterocycles. The summed E-state index contributed by atoms with van der Waals surface area (Å²) in [6.07, 6.45) is 14.1. The molecule has 0 spiro atoms. The molecule has 0 N–H and O–H groups in total. The van der Waals surface area contributed by atoms with Crippen LogP contribution >= 0.6 is 0 Å². The molecule has 0 aromatic rings. The van der Waals surface area contributed by atoms with Crippen LogP contribution in [0.15, 0.2) is 22.9 Å². The molecule has 3 saturated carbocycles. The number of rotatable bonds is 1. The van der Waals surface area contributed by atoms with Crippen molar-refractivity contribution in [3.05, 3.63) is 22.9 Å². The first-order chi connectivity index (χ1) is 15.2. The van der Waals surface area contributed by atoms with E-state index in [-0.39, 0.29) is 12.1 Å². The van der Waals surface area contributed by atoms with E-state index in [2.05, 4.69) is 38.7 Å². The maximum Gasteiger partial charge on any atom is 0.302 e. The summed E-state index contributed by atoms with van der Waals surface area (Å²) in [6, 6.07) is 0.777. The third-order valence-corrected chi connectivity index (χ3v) is 11.5. The molecular formula is C29H43NO2. The maximum absolute atomic E-state index is 11.5. The van der Waals surface area contributed by atoms with Crippen molar-refractivity contribution in [2.45, 2.75) is 105 Å². The van der Waals surface area contributed by atoms with Gasteiger partial charge in [-0.05, 0) is 98.4 Å². The average Bonchev–Trinajstić information content (AvgIpc) is 3.20. The first-order valence-corrected chi connectivity index (χ1v) is 13.6. The first kappa shape index (κ1) is 21.3. The molecular weight excluding hydrogens is 394 g/mol. The highest BCUT2D eigenvalue weighted by Gasteiger charge is 2.64. The lowest BCUT2D eigenvalue weighted by atomic mass is 9.47. The predicted octanol–water partition coefficient (Wildman–Crippen LogP) is 6.50. The molecule has 32 heavy (non-hydrogen) atoms. The second-order valence-electron chi connectivity index (χ2n) is 13.0. The molecule has 2 heterocycles. The second-order valence-corrected chi connectivity index (χ2v) is 13.0. The van der Waals surface area contributed by atoms with Gasteiger partial charge in [0.2, 0.25) is 0 Å². The van der Waals surface area contributed by atoms with Crippen LogP contribution in [-0.4, -0.2) is 29.6 Å². The molecule has 0 aromatic heterocycles. The average molecular weight is 438 g/mol. The molecule has 0 bridgehead atoms. The Morgan fingerprint density at radius 1 is 1.16 bits per heavy atom. The Hall–Kier alpha value is -1.25. The summed E-state index contributed by atoms with van der Waals surface area (Å²) < 4.78 is 5.64. The van der Waals surface area contributed by atoms with Gasteiger partial charge >= 0.3 is 5.97 Å². The maximum atomic E-state index is 11.5. The van der Waals surface area contributed by atoms with Crippen LogP contribution in [0, 0.1) is 40.4 Å². The van der Waals surface area contributed by atoms with Gasteiger partial charge in [0.15, 0.2) is 0 Å². The molecule has 3 unspecified atom stereocenters. The van der Waals surface area contributed by atoms with Crippen LogP contribution in [0.3, 0.4) is 0 Å². The molecule has 0 amide bonds. The van der Waals surface area contributed by atoms with Crippen LogP contribution in [0.4, 0.5) is 0 Å². The Morgan fingerprint density at radius 2 is 1.97 bits per heavy atom. The van der Waals surface area contributed by atoms with Crippen molar-refractivity contribution in [3.63, 3.8) is 0 Å². The number of esters is 1. The van der Waals surface area contributed by atoms with Crippen LogP contribution < -0.4 is 0 Å². The molecule has 176 valence electrons. The van der Waals surface area contributed by atoms with Gasteiger partial charge in [-0.25, -0.2) is 0 Å². The molecule has 1 saturated heterocycles. The van der Waals surface area contributed by atoms with Gasteiger partial charge in [-0.2, -0.15) is 0 Å². The van der Waals surface area contributed by atoms with E-state index in [9.17, 15) is 4.79 Å². The Balaban J connectivity index is 1.29. The summed E-state index contributed by atoms with van der Waals surface area (Å²) in [5.74, 6) is 4.06. The van der Waals surface area contributed by atoms with Gasteiger partial charge in [0.1, 0.15) is 6.10 Å². The standard InChI is InChI=1S/C29H43NO2/c1-17-6-9-25-18(2)27-26(30(25)16-17)15-24-22-8-7-20-14-21(32-19(3)31)10-12-28(20,4)23(22)11-13-29(24,27)5/h7,17,21-24,26-27H,6,8-16H2,1-5H3/t17-,21?,22+,23-,24-,26?,27?,28-,29-/m0/s1. The number of fused-ring (bicyclic) bond motifs is 9. The number of piperidine rings is 1. The second kappa shape index (κ2) is 7.12. The number of ether oxygens (including phenoxy) is 1. The van der Waals surface area contributed by atoms with E-state index in [4.69, 9.17) is 4.74 Å². The highest BCUT2D eigenvalue weighted by Crippen LogP contribution is 2.69. The van der Waals surface area contributed by atoms with Gasteiger partial charge < -0.3 is 9.64 Å². The van der Waals surface area contributed by atoms with Crippen LogP contribution in [0.25, 0.3) is 0 Å². The van der Waals surface area contributed by atoms with E-state index in [0.29, 0.717) is 10.8 Å². The number of hydrogen-bond acceptors (Lipinski definition) is 3. The highest BCUT2D eigenvalue weighted by atomic mass is 16.5. The van der Waals surface area contributed by atoms with Crippen molar-refractivity contribution >= 4 is 5.97 Å². The van der Waals surface area contributed by atoms with Crippen LogP contribution in [0.2, 0.25) is 0 Å². The van der Waals surface area contributed by atoms with Crippen LogP contribution in [-0.2, 0) is 9.53 Å². The monoisotopic (exact) mass is 437 g/mol. The van der Waals surface area contributed by atoms with E-state index in [1.165, 1.54) is 51.5 Å². The minimum atomic E-state index is -0.117. The van der Waals surface area contributed by atoms with Crippen molar-refractivity contribution in [1.82, 2.24) is 4.90 Å². The molecule has 3 heteroatoms. The van der Waals surface area contributed by atoms with E-state index in [1.807, 2.05) is 0 Å². The summed E-state index contributed by atoms with van der Waals surface area (Å²) >= 11 is 0. The fraction of sp³-hybridized carbons (Fsp3) is 0.828. The smallest absolute Gasteiger partial charge is 0.302 e. The van der Waals surface area contributed by atoms with Crippen molar-refractivity contribution < 1.29 is 9.53 Å². The number of allylic oxidation sites excluding steroid dienone is 2. The van der Waals surface area contributed by atoms with Gasteiger partial charge in [-0.15, -0.1) is 0 Å². The molecule has 4 aliphatic carbocycles. The minimum absolute atomic E-state index is 0.107. The largest absolute Gasteiger partial charge is 0.462 e. The molecule has 0 radical (unpaired) electrons. The Morgan fingerprint density at radius 3 is 2.75 bits per heavy atom. The summed E-state index contributed by atoms with van der Waals surface area (Å²) in [6.45, 7) is 13.1. The van der Waals surface area contributed by atoms with Gasteiger partial charge in [0, 0.05) is 37.5 Å². The van der Waals surface area contributed by atoms with Crippen LogP contribution in [0.1, 0.15) is 92.4 Å². The Kier molecular flexibility index (Phi) is 4.74. The number of carbonyl (C=O) groups is 1. The molecule has 4 fully saturated rings. The van der Waals surface area contributed by atoms with Crippen molar-refractivity contribution in [1.29, 1.82) is 0 Å². The number of hydrogen-bond donors (Lipinski definition) is 0. The summed E-state index contributed by atoms with van der Waals surface area (Å²) in [4.78, 5) is 14.4. The fourth-order valence-corrected chi connectivity index (χ4v) is 10.1. The zero-order valence-electron chi connectivity index (χ0n) is 21.0. The lowest BCUT2D eigenvalue weighted by Gasteiger charge is -2.58. The minimum Gasteiger partial charge on any atom is -0.462 e. The van der Waals surface area contributed by atoms with Gasteiger partial charge in [0.05, 0.1) is 0 Å². The van der Waals surface area contributed by atoms with Crippen LogP contribution in [0.5, 0.6) is 0 Å². The molecule has 3 nitrogen and oxygen atoms in total. The summed E-state index contributed by atoms with van der Waals surface area (Å²) in [7, 11) is 0. The quantitative estimate of drug-likeness (QED) is 0.347. The van der Waals surface area contributed by atoms with Gasteiger partial charge in [-0.3, -0.25) is 4.79 Å². The lowest BCUT2D eigenvalue weighted by molar-refractivity contribution is -0.148. The van der Waals surface area contributed by atoms with Gasteiger partial charge in [0.25, 0.3) is 0 Å². The number of nitrogens with zero attached hydrogens (tertiary/aromatic N) is 1. The van der Waals surface area contributed by atoms with Crippen molar-refractivity contribution in [3.8, 4) is 0 Å². The van der Waals surface area contributed by atoms with Crippen molar-refractivity contribution in [2.24, 2.45) is 40.4 Å². The topological polar surface area (TPSA) is 29.5 Å². The molecule has 6 aliphatic rings. The van der Waals surface area contributed by atoms with E-state index in [1.54, 1.807) is 23.8 Å². The normalized spacial score (nSPS) is 49.5. The lowest BCUT2D eigenvalue weighted by Crippen LogP contribution is -2.50. The molecule has 6 rings (SSSR count). The fourth-order valence-electron chi connectivity index (χ4n) is 10.1. The third kappa shape index (κ3) is 2.81. The zero-order valence-corrected chi connectivity index (χ0v) is 21.0. The Bertz CT molecular complexity index is 888. The molecule has 0 aromatic carbocycles. The highest BCUT2D eigenvalue weighted by molar-refractivity contribution is 5.66. The predicted molar refractivity (Wildman–Crippen MR) is 128 cm³/mol. The first-order valence-electron chi connectivity index (χ1n) is 13.6. The van der Waals surface area contributed by atoms with Crippen molar-refractivity contribution in [2.75, 3.05) is 6.54 Å². The SMILES string of the molecule is CC(=O)OC1CC[C@@]2(C)C(=CC[C@@H]3[C@@H]2CC[C@]2(C)C4C(C)=C5CC[C@H](C)CN5C4C[C@@H]32)C1. The number of carbonyl (C=O) groups excluding carboxylic acids is 1. The third-order valence-electron chi connectivity index (χ3n) is 11.5. The van der Waals surface area contributed by atoms with E-state index in [0.717, 1.165) is 48.5 Å². The van der Waals surface area contributed by atoms with Gasteiger partial charge in [-0.1, -0.05) is 32.4 Å². The Labute approximate surface area is 195 Å².